The molecule has 0 atom stereocenters. The van der Waals surface area contributed by atoms with Gasteiger partial charge in [0.1, 0.15) is 10.7 Å². The third-order valence-electron chi connectivity index (χ3n) is 3.22. The SMILES string of the molecule is C#CCN(CC1CC1)S(=O)(=O)c1cc(CO)ccc1F. The molecule has 1 aromatic carbocycles. The van der Waals surface area contributed by atoms with E-state index >= 15 is 0 Å². The van der Waals surface area contributed by atoms with Gasteiger partial charge < -0.3 is 5.11 Å². The summed E-state index contributed by atoms with van der Waals surface area (Å²) in [5, 5.41) is 9.05. The molecule has 1 saturated carbocycles. The summed E-state index contributed by atoms with van der Waals surface area (Å²) in [6.07, 6.45) is 7.14. The summed E-state index contributed by atoms with van der Waals surface area (Å²) >= 11 is 0. The van der Waals surface area contributed by atoms with Crippen LogP contribution in [0.5, 0.6) is 0 Å². The highest BCUT2D eigenvalue weighted by atomic mass is 32.2. The number of hydrogen-bond donors (Lipinski definition) is 1. The minimum absolute atomic E-state index is 0.0817. The van der Waals surface area contributed by atoms with Gasteiger partial charge in [-0.15, -0.1) is 6.42 Å². The first-order valence-electron chi connectivity index (χ1n) is 6.32. The van der Waals surface area contributed by atoms with Gasteiger partial charge in [0.25, 0.3) is 0 Å². The Hall–Kier alpha value is -1.42. The van der Waals surface area contributed by atoms with E-state index in [0.717, 1.165) is 29.3 Å². The van der Waals surface area contributed by atoms with Crippen LogP contribution >= 0.6 is 0 Å². The van der Waals surface area contributed by atoms with Crippen LogP contribution in [-0.2, 0) is 16.6 Å². The number of halogens is 1. The van der Waals surface area contributed by atoms with Crippen molar-refractivity contribution in [2.75, 3.05) is 13.1 Å². The molecule has 0 spiro atoms. The molecule has 0 radical (unpaired) electrons. The van der Waals surface area contributed by atoms with Crippen LogP contribution in [0.3, 0.4) is 0 Å². The summed E-state index contributed by atoms with van der Waals surface area (Å²) in [4.78, 5) is -0.431. The standard InChI is InChI=1S/C14H16FNO3S/c1-2-7-16(9-11-3-4-11)20(18,19)14-8-12(10-17)5-6-13(14)15/h1,5-6,8,11,17H,3-4,7,9-10H2. The normalized spacial score (nSPS) is 15.3. The lowest BCUT2D eigenvalue weighted by molar-refractivity contribution is 0.281. The average molecular weight is 297 g/mol. The Balaban J connectivity index is 2.38. The second-order valence-corrected chi connectivity index (χ2v) is 6.77. The molecule has 0 aliphatic heterocycles. The maximum absolute atomic E-state index is 13.8. The van der Waals surface area contributed by atoms with Crippen molar-refractivity contribution in [2.45, 2.75) is 24.3 Å². The lowest BCUT2D eigenvalue weighted by Gasteiger charge is -2.20. The van der Waals surface area contributed by atoms with Gasteiger partial charge in [0.15, 0.2) is 0 Å². The molecule has 1 aromatic rings. The second-order valence-electron chi connectivity index (χ2n) is 4.87. The number of aliphatic hydroxyl groups excluding tert-OH is 1. The van der Waals surface area contributed by atoms with Crippen molar-refractivity contribution in [3.8, 4) is 12.3 Å². The van der Waals surface area contributed by atoms with E-state index in [2.05, 4.69) is 5.92 Å². The largest absolute Gasteiger partial charge is 0.392 e. The van der Waals surface area contributed by atoms with Crippen molar-refractivity contribution in [2.24, 2.45) is 5.92 Å². The first-order chi connectivity index (χ1) is 9.48. The quantitative estimate of drug-likeness (QED) is 0.806. The molecule has 1 N–H and O–H groups in total. The summed E-state index contributed by atoms with van der Waals surface area (Å²) in [5.41, 5.74) is 0.344. The van der Waals surface area contributed by atoms with Crippen LogP contribution < -0.4 is 0 Å². The van der Waals surface area contributed by atoms with Gasteiger partial charge in [-0.1, -0.05) is 12.0 Å². The Morgan fingerprint density at radius 2 is 2.15 bits per heavy atom. The topological polar surface area (TPSA) is 57.6 Å². The minimum atomic E-state index is -3.98. The lowest BCUT2D eigenvalue weighted by atomic mass is 10.2. The first-order valence-corrected chi connectivity index (χ1v) is 7.76. The Bertz CT molecular complexity index is 632. The second kappa shape index (κ2) is 5.92. The van der Waals surface area contributed by atoms with Crippen molar-refractivity contribution < 1.29 is 17.9 Å². The number of hydrogen-bond acceptors (Lipinski definition) is 3. The van der Waals surface area contributed by atoms with E-state index in [4.69, 9.17) is 11.5 Å². The Kier molecular flexibility index (Phi) is 4.43. The van der Waals surface area contributed by atoms with Crippen LogP contribution in [0, 0.1) is 24.1 Å². The number of benzene rings is 1. The highest BCUT2D eigenvalue weighted by molar-refractivity contribution is 7.89. The van der Waals surface area contributed by atoms with Gasteiger partial charge in [0.2, 0.25) is 10.0 Å². The van der Waals surface area contributed by atoms with Crippen molar-refractivity contribution in [1.82, 2.24) is 4.31 Å². The van der Waals surface area contributed by atoms with E-state index in [-0.39, 0.29) is 13.2 Å². The zero-order chi connectivity index (χ0) is 14.8. The van der Waals surface area contributed by atoms with Crippen LogP contribution in [0.1, 0.15) is 18.4 Å². The molecule has 1 aliphatic carbocycles. The van der Waals surface area contributed by atoms with Gasteiger partial charge in [-0.3, -0.25) is 0 Å². The molecular formula is C14H16FNO3S. The van der Waals surface area contributed by atoms with Crippen molar-refractivity contribution >= 4 is 10.0 Å². The van der Waals surface area contributed by atoms with Gasteiger partial charge in [-0.25, -0.2) is 12.8 Å². The third-order valence-corrected chi connectivity index (χ3v) is 5.05. The molecule has 0 aromatic heterocycles. The maximum atomic E-state index is 13.8. The smallest absolute Gasteiger partial charge is 0.246 e. The molecule has 0 saturated heterocycles. The summed E-state index contributed by atoms with van der Waals surface area (Å²) in [7, 11) is -3.98. The first kappa shape index (κ1) is 15.0. The molecule has 20 heavy (non-hydrogen) atoms. The van der Waals surface area contributed by atoms with E-state index in [1.165, 1.54) is 6.07 Å². The number of rotatable bonds is 6. The summed E-state index contributed by atoms with van der Waals surface area (Å²) < 4.78 is 39.9. The number of terminal acetylenes is 1. The van der Waals surface area contributed by atoms with Crippen LogP contribution in [0.4, 0.5) is 4.39 Å². The van der Waals surface area contributed by atoms with E-state index in [1.54, 1.807) is 0 Å². The Morgan fingerprint density at radius 3 is 2.70 bits per heavy atom. The van der Waals surface area contributed by atoms with E-state index in [0.29, 0.717) is 18.0 Å². The van der Waals surface area contributed by atoms with Crippen molar-refractivity contribution in [3.63, 3.8) is 0 Å². The fourth-order valence-corrected chi connectivity index (χ4v) is 3.47. The number of nitrogens with zero attached hydrogens (tertiary/aromatic N) is 1. The summed E-state index contributed by atoms with van der Waals surface area (Å²) in [6, 6.07) is 3.55. The molecule has 0 heterocycles. The Labute approximate surface area is 118 Å². The van der Waals surface area contributed by atoms with Gasteiger partial charge >= 0.3 is 0 Å². The van der Waals surface area contributed by atoms with Gasteiger partial charge in [0.05, 0.1) is 13.2 Å². The molecule has 108 valence electrons. The molecule has 0 unspecified atom stereocenters. The monoisotopic (exact) mass is 297 g/mol. The zero-order valence-electron chi connectivity index (χ0n) is 10.9. The molecule has 6 heteroatoms. The van der Waals surface area contributed by atoms with Crippen LogP contribution in [0.15, 0.2) is 23.1 Å². The van der Waals surface area contributed by atoms with Gasteiger partial charge in [-0.05, 0) is 36.5 Å². The maximum Gasteiger partial charge on any atom is 0.246 e. The predicted molar refractivity (Wildman–Crippen MR) is 72.6 cm³/mol. The zero-order valence-corrected chi connectivity index (χ0v) is 11.7. The fraction of sp³-hybridized carbons (Fsp3) is 0.429. The number of aliphatic hydroxyl groups is 1. The molecule has 1 aliphatic rings. The molecule has 0 amide bonds. The highest BCUT2D eigenvalue weighted by Gasteiger charge is 2.32. The number of sulfonamides is 1. The Morgan fingerprint density at radius 1 is 1.45 bits per heavy atom. The van der Waals surface area contributed by atoms with Crippen molar-refractivity contribution in [1.29, 1.82) is 0 Å². The summed E-state index contributed by atoms with van der Waals surface area (Å²) in [5.74, 6) is 1.77. The van der Waals surface area contributed by atoms with Crippen LogP contribution in [-0.4, -0.2) is 30.9 Å². The molecule has 1 fully saturated rings. The van der Waals surface area contributed by atoms with Crippen LogP contribution in [0.2, 0.25) is 0 Å². The third kappa shape index (κ3) is 3.18. The molecule has 4 nitrogen and oxygen atoms in total. The molecule has 0 bridgehead atoms. The van der Waals surface area contributed by atoms with E-state index in [1.807, 2.05) is 0 Å². The van der Waals surface area contributed by atoms with Crippen LogP contribution in [0.25, 0.3) is 0 Å². The fourth-order valence-electron chi connectivity index (χ4n) is 1.92. The van der Waals surface area contributed by atoms with E-state index < -0.39 is 20.7 Å². The highest BCUT2D eigenvalue weighted by Crippen LogP contribution is 2.32. The van der Waals surface area contributed by atoms with E-state index in [9.17, 15) is 12.8 Å². The van der Waals surface area contributed by atoms with Crippen molar-refractivity contribution in [3.05, 3.63) is 29.6 Å². The average Bonchev–Trinajstić information content (AvgIpc) is 3.22. The summed E-state index contributed by atoms with van der Waals surface area (Å²) in [6.45, 7) is -0.114. The minimum Gasteiger partial charge on any atom is -0.392 e. The molecular weight excluding hydrogens is 281 g/mol. The molecule has 2 rings (SSSR count). The van der Waals surface area contributed by atoms with Gasteiger partial charge in [-0.2, -0.15) is 4.31 Å². The lowest BCUT2D eigenvalue weighted by Crippen LogP contribution is -2.34. The van der Waals surface area contributed by atoms with Gasteiger partial charge in [0, 0.05) is 6.54 Å². The predicted octanol–water partition coefficient (Wildman–Crippen LogP) is 1.35.